The van der Waals surface area contributed by atoms with E-state index in [0.717, 1.165) is 31.7 Å². The minimum Gasteiger partial charge on any atom is -0.330 e. The summed E-state index contributed by atoms with van der Waals surface area (Å²) in [6, 6.07) is 3.71. The molecule has 0 bridgehead atoms. The van der Waals surface area contributed by atoms with Gasteiger partial charge in [0.2, 0.25) is 0 Å². The monoisotopic (exact) mass is 259 g/mol. The van der Waals surface area contributed by atoms with Crippen LogP contribution in [0.4, 0.5) is 0 Å². The maximum Gasteiger partial charge on any atom is 0.135 e. The number of hydrogen-bond acceptors (Lipinski definition) is 3. The SMILES string of the molecule is NCC1CCN(Cc2ccc(Cl)nc2Cl)C1. The Morgan fingerprint density at radius 1 is 1.44 bits per heavy atom. The predicted molar refractivity (Wildman–Crippen MR) is 66.7 cm³/mol. The van der Waals surface area contributed by atoms with Gasteiger partial charge < -0.3 is 5.73 Å². The first-order valence-electron chi connectivity index (χ1n) is 5.42. The predicted octanol–water partition coefficient (Wildman–Crippen LogP) is 2.17. The summed E-state index contributed by atoms with van der Waals surface area (Å²) in [4.78, 5) is 6.39. The first-order valence-corrected chi connectivity index (χ1v) is 6.18. The zero-order valence-corrected chi connectivity index (χ0v) is 10.5. The molecule has 1 aromatic rings. The number of rotatable bonds is 3. The summed E-state index contributed by atoms with van der Waals surface area (Å²) in [6.07, 6.45) is 1.18. The lowest BCUT2D eigenvalue weighted by Gasteiger charge is -2.16. The van der Waals surface area contributed by atoms with Crippen LogP contribution in [0.15, 0.2) is 12.1 Å². The molecular weight excluding hydrogens is 245 g/mol. The zero-order chi connectivity index (χ0) is 11.5. The van der Waals surface area contributed by atoms with E-state index in [1.54, 1.807) is 6.07 Å². The van der Waals surface area contributed by atoms with Crippen LogP contribution in [0.3, 0.4) is 0 Å². The molecule has 2 N–H and O–H groups in total. The molecule has 0 amide bonds. The molecule has 0 spiro atoms. The van der Waals surface area contributed by atoms with Crippen LogP contribution < -0.4 is 5.73 Å². The van der Waals surface area contributed by atoms with Gasteiger partial charge in [0.1, 0.15) is 10.3 Å². The second-order valence-electron chi connectivity index (χ2n) is 4.21. The van der Waals surface area contributed by atoms with Gasteiger partial charge in [0, 0.05) is 18.7 Å². The third-order valence-electron chi connectivity index (χ3n) is 2.99. The molecule has 3 nitrogen and oxygen atoms in total. The maximum absolute atomic E-state index is 6.03. The van der Waals surface area contributed by atoms with E-state index in [1.165, 1.54) is 6.42 Å². The molecule has 0 aromatic carbocycles. The average molecular weight is 260 g/mol. The van der Waals surface area contributed by atoms with Crippen molar-refractivity contribution in [2.24, 2.45) is 11.7 Å². The van der Waals surface area contributed by atoms with Crippen LogP contribution in [0, 0.1) is 5.92 Å². The summed E-state index contributed by atoms with van der Waals surface area (Å²) >= 11 is 11.8. The maximum atomic E-state index is 6.03. The number of pyridine rings is 1. The molecule has 1 unspecified atom stereocenters. The second-order valence-corrected chi connectivity index (χ2v) is 4.95. The van der Waals surface area contributed by atoms with Crippen molar-refractivity contribution in [2.75, 3.05) is 19.6 Å². The number of nitrogens with zero attached hydrogens (tertiary/aromatic N) is 2. The van der Waals surface area contributed by atoms with Crippen LogP contribution in [-0.2, 0) is 6.54 Å². The quantitative estimate of drug-likeness (QED) is 0.847. The minimum atomic E-state index is 0.440. The van der Waals surface area contributed by atoms with Gasteiger partial charge in [-0.15, -0.1) is 0 Å². The third kappa shape index (κ3) is 2.86. The molecule has 1 fully saturated rings. The van der Waals surface area contributed by atoms with E-state index >= 15 is 0 Å². The topological polar surface area (TPSA) is 42.1 Å². The highest BCUT2D eigenvalue weighted by Crippen LogP contribution is 2.22. The second kappa shape index (κ2) is 5.32. The molecule has 0 saturated carbocycles. The minimum absolute atomic E-state index is 0.440. The van der Waals surface area contributed by atoms with Crippen LogP contribution in [0.5, 0.6) is 0 Å². The molecule has 5 heteroatoms. The fourth-order valence-corrected chi connectivity index (χ4v) is 2.45. The Hall–Kier alpha value is -0.350. The van der Waals surface area contributed by atoms with Crippen molar-refractivity contribution in [3.63, 3.8) is 0 Å². The number of likely N-dealkylation sites (tertiary alicyclic amines) is 1. The Bertz CT molecular complexity index is 370. The lowest BCUT2D eigenvalue weighted by atomic mass is 10.1. The molecule has 88 valence electrons. The molecular formula is C11H15Cl2N3. The summed E-state index contributed by atoms with van der Waals surface area (Å²) in [6.45, 7) is 3.73. The highest BCUT2D eigenvalue weighted by Gasteiger charge is 2.21. The van der Waals surface area contributed by atoms with Gasteiger partial charge in [-0.2, -0.15) is 0 Å². The van der Waals surface area contributed by atoms with Crippen molar-refractivity contribution in [1.29, 1.82) is 0 Å². The Kier molecular flexibility index (Phi) is 4.03. The average Bonchev–Trinajstić information content (AvgIpc) is 2.70. The highest BCUT2D eigenvalue weighted by molar-refractivity contribution is 6.32. The van der Waals surface area contributed by atoms with Crippen LogP contribution in [0.2, 0.25) is 10.3 Å². The van der Waals surface area contributed by atoms with Crippen LogP contribution in [-0.4, -0.2) is 29.5 Å². The third-order valence-corrected chi connectivity index (χ3v) is 3.53. The fourth-order valence-electron chi connectivity index (χ4n) is 2.05. The van der Waals surface area contributed by atoms with Gasteiger partial charge in [-0.05, 0) is 31.5 Å². The standard InChI is InChI=1S/C11H15Cl2N3/c12-10-2-1-9(11(13)15-10)7-16-4-3-8(5-14)6-16/h1-2,8H,3-7,14H2. The van der Waals surface area contributed by atoms with Gasteiger partial charge in [0.05, 0.1) is 0 Å². The van der Waals surface area contributed by atoms with Crippen molar-refractivity contribution in [3.05, 3.63) is 28.0 Å². The van der Waals surface area contributed by atoms with Gasteiger partial charge in [0.15, 0.2) is 0 Å². The molecule has 16 heavy (non-hydrogen) atoms. The summed E-state index contributed by atoms with van der Waals surface area (Å²) in [5, 5.41) is 0.943. The van der Waals surface area contributed by atoms with E-state index in [-0.39, 0.29) is 0 Å². The molecule has 1 aliphatic rings. The lowest BCUT2D eigenvalue weighted by molar-refractivity contribution is 0.317. The summed E-state index contributed by atoms with van der Waals surface area (Å²) in [5.41, 5.74) is 6.69. The summed E-state index contributed by atoms with van der Waals surface area (Å²) in [7, 11) is 0. The van der Waals surface area contributed by atoms with Crippen molar-refractivity contribution < 1.29 is 0 Å². The van der Waals surface area contributed by atoms with Crippen molar-refractivity contribution in [1.82, 2.24) is 9.88 Å². The molecule has 1 aliphatic heterocycles. The smallest absolute Gasteiger partial charge is 0.135 e. The molecule has 2 rings (SSSR count). The van der Waals surface area contributed by atoms with E-state index in [0.29, 0.717) is 16.2 Å². The van der Waals surface area contributed by atoms with Crippen molar-refractivity contribution in [3.8, 4) is 0 Å². The first-order chi connectivity index (χ1) is 7.69. The fraction of sp³-hybridized carbons (Fsp3) is 0.545. The molecule has 2 heterocycles. The van der Waals surface area contributed by atoms with E-state index in [1.807, 2.05) is 6.07 Å². The van der Waals surface area contributed by atoms with Gasteiger partial charge in [0.25, 0.3) is 0 Å². The number of aromatic nitrogens is 1. The number of nitrogens with two attached hydrogens (primary N) is 1. The van der Waals surface area contributed by atoms with E-state index in [2.05, 4.69) is 9.88 Å². The summed E-state index contributed by atoms with van der Waals surface area (Å²) in [5.74, 6) is 0.624. The number of hydrogen-bond donors (Lipinski definition) is 1. The van der Waals surface area contributed by atoms with Crippen molar-refractivity contribution in [2.45, 2.75) is 13.0 Å². The van der Waals surface area contributed by atoms with Gasteiger partial charge in [-0.1, -0.05) is 29.3 Å². The van der Waals surface area contributed by atoms with Gasteiger partial charge in [-0.25, -0.2) is 4.98 Å². The molecule has 1 saturated heterocycles. The van der Waals surface area contributed by atoms with E-state index in [4.69, 9.17) is 28.9 Å². The Morgan fingerprint density at radius 2 is 2.25 bits per heavy atom. The Morgan fingerprint density at radius 3 is 2.88 bits per heavy atom. The highest BCUT2D eigenvalue weighted by atomic mass is 35.5. The normalized spacial score (nSPS) is 21.6. The molecule has 1 aromatic heterocycles. The first kappa shape index (κ1) is 12.1. The summed E-state index contributed by atoms with van der Waals surface area (Å²) < 4.78 is 0. The zero-order valence-electron chi connectivity index (χ0n) is 9.00. The van der Waals surface area contributed by atoms with E-state index < -0.39 is 0 Å². The lowest BCUT2D eigenvalue weighted by Crippen LogP contribution is -2.23. The van der Waals surface area contributed by atoms with Gasteiger partial charge >= 0.3 is 0 Å². The molecule has 0 aliphatic carbocycles. The van der Waals surface area contributed by atoms with Crippen LogP contribution in [0.1, 0.15) is 12.0 Å². The largest absolute Gasteiger partial charge is 0.330 e. The van der Waals surface area contributed by atoms with Crippen LogP contribution in [0.25, 0.3) is 0 Å². The van der Waals surface area contributed by atoms with Crippen molar-refractivity contribution >= 4 is 23.2 Å². The molecule has 0 radical (unpaired) electrons. The Labute approximate surface area is 106 Å². The van der Waals surface area contributed by atoms with Gasteiger partial charge in [-0.3, -0.25) is 4.90 Å². The Balaban J connectivity index is 1.99. The van der Waals surface area contributed by atoms with Crippen LogP contribution >= 0.6 is 23.2 Å². The molecule has 1 atom stereocenters. The number of halogens is 2. The van der Waals surface area contributed by atoms with E-state index in [9.17, 15) is 0 Å².